The minimum atomic E-state index is 0.238. The zero-order valence-corrected chi connectivity index (χ0v) is 9.39. The summed E-state index contributed by atoms with van der Waals surface area (Å²) in [4.78, 5) is 0. The summed E-state index contributed by atoms with van der Waals surface area (Å²) in [6.07, 6.45) is 1.93. The molecular formula is C13H14N2O2. The second-order valence-electron chi connectivity index (χ2n) is 4.39. The van der Waals surface area contributed by atoms with Crippen molar-refractivity contribution in [3.63, 3.8) is 0 Å². The summed E-state index contributed by atoms with van der Waals surface area (Å²) >= 11 is 0. The highest BCUT2D eigenvalue weighted by Gasteiger charge is 2.30. The Balaban J connectivity index is 2.11. The fraction of sp³-hybridized carbons (Fsp3) is 0.308. The predicted molar refractivity (Wildman–Crippen MR) is 63.7 cm³/mol. The van der Waals surface area contributed by atoms with Crippen LogP contribution in [0.25, 0.3) is 11.3 Å². The third-order valence-corrected chi connectivity index (χ3v) is 3.33. The number of phenols is 1. The van der Waals surface area contributed by atoms with Gasteiger partial charge in [-0.1, -0.05) is 17.3 Å². The normalized spacial score (nSPS) is 18.3. The van der Waals surface area contributed by atoms with Gasteiger partial charge >= 0.3 is 0 Å². The van der Waals surface area contributed by atoms with Crippen molar-refractivity contribution in [2.75, 3.05) is 6.54 Å². The van der Waals surface area contributed by atoms with Gasteiger partial charge in [0.1, 0.15) is 17.2 Å². The number of aromatic nitrogens is 1. The first-order valence-electron chi connectivity index (χ1n) is 5.77. The monoisotopic (exact) mass is 230 g/mol. The largest absolute Gasteiger partial charge is 0.508 e. The molecule has 1 aliphatic carbocycles. The van der Waals surface area contributed by atoms with Crippen LogP contribution < -0.4 is 5.73 Å². The second-order valence-corrected chi connectivity index (χ2v) is 4.39. The predicted octanol–water partition coefficient (Wildman–Crippen LogP) is 2.04. The summed E-state index contributed by atoms with van der Waals surface area (Å²) < 4.78 is 5.35. The van der Waals surface area contributed by atoms with E-state index in [9.17, 15) is 5.11 Å². The summed E-state index contributed by atoms with van der Waals surface area (Å²) in [5, 5.41) is 13.6. The Bertz CT molecular complexity index is 548. The molecule has 88 valence electrons. The van der Waals surface area contributed by atoms with Crippen molar-refractivity contribution in [1.29, 1.82) is 0 Å². The Morgan fingerprint density at radius 1 is 1.47 bits per heavy atom. The van der Waals surface area contributed by atoms with Crippen LogP contribution >= 0.6 is 0 Å². The van der Waals surface area contributed by atoms with Gasteiger partial charge in [0.25, 0.3) is 0 Å². The van der Waals surface area contributed by atoms with Crippen molar-refractivity contribution in [3.8, 4) is 17.0 Å². The summed E-state index contributed by atoms with van der Waals surface area (Å²) in [6.45, 7) is 0.611. The molecule has 0 bridgehead atoms. The molecule has 17 heavy (non-hydrogen) atoms. The standard InChI is InChI=1S/C13H14N2O2/c14-7-9-4-5-11-12(9)13(15-17-11)8-2-1-3-10(16)6-8/h1-3,6,9,16H,4-5,7,14H2. The highest BCUT2D eigenvalue weighted by Crippen LogP contribution is 2.39. The molecule has 1 heterocycles. The highest BCUT2D eigenvalue weighted by atomic mass is 16.5. The molecule has 0 aliphatic heterocycles. The lowest BCUT2D eigenvalue weighted by atomic mass is 9.98. The smallest absolute Gasteiger partial charge is 0.140 e. The fourth-order valence-electron chi connectivity index (χ4n) is 2.48. The second kappa shape index (κ2) is 3.89. The minimum Gasteiger partial charge on any atom is -0.508 e. The lowest BCUT2D eigenvalue weighted by Gasteiger charge is -2.07. The zero-order chi connectivity index (χ0) is 11.8. The number of rotatable bonds is 2. The van der Waals surface area contributed by atoms with E-state index in [2.05, 4.69) is 5.16 Å². The van der Waals surface area contributed by atoms with Crippen molar-refractivity contribution in [1.82, 2.24) is 5.16 Å². The van der Waals surface area contributed by atoms with Crippen LogP contribution in [0.15, 0.2) is 28.8 Å². The fourth-order valence-corrected chi connectivity index (χ4v) is 2.48. The van der Waals surface area contributed by atoms with Crippen molar-refractivity contribution in [3.05, 3.63) is 35.6 Å². The maximum atomic E-state index is 9.50. The molecule has 0 saturated heterocycles. The molecule has 1 unspecified atom stereocenters. The summed E-state index contributed by atoms with van der Waals surface area (Å²) in [7, 11) is 0. The van der Waals surface area contributed by atoms with Gasteiger partial charge in [-0.05, 0) is 25.1 Å². The van der Waals surface area contributed by atoms with Crippen LogP contribution in [-0.2, 0) is 6.42 Å². The number of phenolic OH excluding ortho intramolecular Hbond substituents is 1. The van der Waals surface area contributed by atoms with E-state index in [0.29, 0.717) is 12.5 Å². The number of nitrogens with two attached hydrogens (primary N) is 1. The molecule has 1 atom stereocenters. The van der Waals surface area contributed by atoms with E-state index < -0.39 is 0 Å². The van der Waals surface area contributed by atoms with Crippen LogP contribution in [0, 0.1) is 0 Å². The number of benzene rings is 1. The topological polar surface area (TPSA) is 72.3 Å². The van der Waals surface area contributed by atoms with E-state index in [0.717, 1.165) is 35.4 Å². The molecule has 2 aromatic rings. The average Bonchev–Trinajstić information content (AvgIpc) is 2.89. The van der Waals surface area contributed by atoms with Crippen LogP contribution in [0.5, 0.6) is 5.75 Å². The van der Waals surface area contributed by atoms with Crippen LogP contribution in [0.1, 0.15) is 23.7 Å². The molecule has 3 N–H and O–H groups in total. The number of fused-ring (bicyclic) bond motifs is 1. The first kappa shape index (κ1) is 10.4. The van der Waals surface area contributed by atoms with E-state index in [1.807, 2.05) is 6.07 Å². The molecule has 4 nitrogen and oxygen atoms in total. The van der Waals surface area contributed by atoms with Gasteiger partial charge in [0, 0.05) is 23.5 Å². The van der Waals surface area contributed by atoms with Gasteiger partial charge in [-0.2, -0.15) is 0 Å². The van der Waals surface area contributed by atoms with Gasteiger partial charge in [0.05, 0.1) is 0 Å². The lowest BCUT2D eigenvalue weighted by molar-refractivity contribution is 0.388. The quantitative estimate of drug-likeness (QED) is 0.828. The molecular weight excluding hydrogens is 216 g/mol. The zero-order valence-electron chi connectivity index (χ0n) is 9.39. The van der Waals surface area contributed by atoms with Gasteiger partial charge in [-0.3, -0.25) is 0 Å². The van der Waals surface area contributed by atoms with E-state index in [-0.39, 0.29) is 5.75 Å². The molecule has 0 radical (unpaired) electrons. The van der Waals surface area contributed by atoms with Crippen LogP contribution in [0.3, 0.4) is 0 Å². The van der Waals surface area contributed by atoms with Gasteiger partial charge in [-0.15, -0.1) is 0 Å². The van der Waals surface area contributed by atoms with Crippen LogP contribution in [-0.4, -0.2) is 16.8 Å². The van der Waals surface area contributed by atoms with E-state index >= 15 is 0 Å². The van der Waals surface area contributed by atoms with Crippen molar-refractivity contribution < 1.29 is 9.63 Å². The Hall–Kier alpha value is -1.81. The molecule has 0 spiro atoms. The minimum absolute atomic E-state index is 0.238. The van der Waals surface area contributed by atoms with Crippen molar-refractivity contribution in [2.45, 2.75) is 18.8 Å². The van der Waals surface area contributed by atoms with Crippen LogP contribution in [0.2, 0.25) is 0 Å². The lowest BCUT2D eigenvalue weighted by Crippen LogP contribution is -2.09. The first-order valence-corrected chi connectivity index (χ1v) is 5.77. The Morgan fingerprint density at radius 3 is 3.12 bits per heavy atom. The van der Waals surface area contributed by atoms with Crippen molar-refractivity contribution >= 4 is 0 Å². The summed E-state index contributed by atoms with van der Waals surface area (Å²) in [5.74, 6) is 1.51. The first-order chi connectivity index (χ1) is 8.29. The highest BCUT2D eigenvalue weighted by molar-refractivity contribution is 5.66. The number of aryl methyl sites for hydroxylation is 1. The SMILES string of the molecule is NCC1CCc2onc(-c3cccc(O)c3)c21. The van der Waals surface area contributed by atoms with E-state index in [1.165, 1.54) is 0 Å². The number of nitrogens with zero attached hydrogens (tertiary/aromatic N) is 1. The molecule has 0 saturated carbocycles. The number of aromatic hydroxyl groups is 1. The molecule has 1 aromatic carbocycles. The molecule has 1 aromatic heterocycles. The van der Waals surface area contributed by atoms with Crippen molar-refractivity contribution in [2.24, 2.45) is 5.73 Å². The van der Waals surface area contributed by atoms with Gasteiger partial charge in [0.15, 0.2) is 0 Å². The molecule has 3 rings (SSSR count). The summed E-state index contributed by atoms with van der Waals surface area (Å²) in [5.41, 5.74) is 8.60. The molecule has 0 fully saturated rings. The number of hydrogen-bond acceptors (Lipinski definition) is 4. The maximum Gasteiger partial charge on any atom is 0.140 e. The third-order valence-electron chi connectivity index (χ3n) is 3.33. The van der Waals surface area contributed by atoms with Gasteiger partial charge in [-0.25, -0.2) is 0 Å². The molecule has 4 heteroatoms. The van der Waals surface area contributed by atoms with Crippen LogP contribution in [0.4, 0.5) is 0 Å². The van der Waals surface area contributed by atoms with E-state index in [1.54, 1.807) is 18.2 Å². The van der Waals surface area contributed by atoms with Gasteiger partial charge < -0.3 is 15.4 Å². The molecule has 1 aliphatic rings. The Kier molecular flexibility index (Phi) is 2.37. The Morgan fingerprint density at radius 2 is 2.35 bits per heavy atom. The van der Waals surface area contributed by atoms with Gasteiger partial charge in [0.2, 0.25) is 0 Å². The van der Waals surface area contributed by atoms with E-state index in [4.69, 9.17) is 10.3 Å². The molecule has 0 amide bonds. The maximum absolute atomic E-state index is 9.50. The number of hydrogen-bond donors (Lipinski definition) is 2. The third kappa shape index (κ3) is 1.61. The summed E-state index contributed by atoms with van der Waals surface area (Å²) in [6, 6.07) is 7.07. The average molecular weight is 230 g/mol. The Labute approximate surface area is 99.0 Å².